The van der Waals surface area contributed by atoms with Gasteiger partial charge in [-0.25, -0.2) is 0 Å². The fraction of sp³-hybridized carbons (Fsp3) is 0.750. The summed E-state index contributed by atoms with van der Waals surface area (Å²) in [6, 6.07) is -0.940. The van der Waals surface area contributed by atoms with E-state index in [1.165, 1.54) is 24.0 Å². The Morgan fingerprint density at radius 1 is 0.750 bits per heavy atom. The predicted octanol–water partition coefficient (Wildman–Crippen LogP) is -0.155. The van der Waals surface area contributed by atoms with Gasteiger partial charge in [0.15, 0.2) is 0 Å². The van der Waals surface area contributed by atoms with Crippen LogP contribution in [0.25, 0.3) is 0 Å². The highest BCUT2D eigenvalue weighted by molar-refractivity contribution is 6.07. The van der Waals surface area contributed by atoms with Gasteiger partial charge in [0.1, 0.15) is 12.2 Å². The lowest BCUT2D eigenvalue weighted by molar-refractivity contribution is -0.154. The lowest BCUT2D eigenvalue weighted by Crippen LogP contribution is -2.57. The van der Waals surface area contributed by atoms with Crippen molar-refractivity contribution >= 4 is 23.6 Å². The van der Waals surface area contributed by atoms with Crippen molar-refractivity contribution in [1.29, 1.82) is 0 Å². The van der Waals surface area contributed by atoms with E-state index >= 15 is 0 Å². The van der Waals surface area contributed by atoms with Crippen molar-refractivity contribution in [3.05, 3.63) is 0 Å². The van der Waals surface area contributed by atoms with Crippen LogP contribution in [0.2, 0.25) is 0 Å². The number of hydrogen-bond acceptors (Lipinski definition) is 6. The third-order valence-electron chi connectivity index (χ3n) is 5.21. The first-order valence-corrected chi connectivity index (χ1v) is 8.27. The van der Waals surface area contributed by atoms with Crippen LogP contribution in [0.5, 0.6) is 0 Å². The van der Waals surface area contributed by atoms with Crippen LogP contribution < -0.4 is 0 Å². The molecule has 1 saturated carbocycles. The third-order valence-corrected chi connectivity index (χ3v) is 5.21. The maximum absolute atomic E-state index is 12.5. The first kappa shape index (κ1) is 17.0. The van der Waals surface area contributed by atoms with Crippen LogP contribution in [-0.4, -0.2) is 71.9 Å². The van der Waals surface area contributed by atoms with Gasteiger partial charge in [0.05, 0.1) is 24.9 Å². The maximum atomic E-state index is 12.5. The summed E-state index contributed by atoms with van der Waals surface area (Å²) >= 11 is 0. The van der Waals surface area contributed by atoms with Crippen LogP contribution in [0.4, 0.5) is 0 Å². The Morgan fingerprint density at radius 2 is 1.12 bits per heavy atom. The van der Waals surface area contributed by atoms with E-state index in [4.69, 9.17) is 9.47 Å². The molecule has 4 amide bonds. The van der Waals surface area contributed by atoms with Crippen molar-refractivity contribution in [1.82, 2.24) is 9.80 Å². The van der Waals surface area contributed by atoms with Crippen LogP contribution in [-0.2, 0) is 28.7 Å². The van der Waals surface area contributed by atoms with Gasteiger partial charge in [0.25, 0.3) is 11.8 Å². The minimum absolute atomic E-state index is 0.0150. The highest BCUT2D eigenvalue weighted by Gasteiger charge is 2.51. The fourth-order valence-electron chi connectivity index (χ4n) is 4.00. The van der Waals surface area contributed by atoms with Gasteiger partial charge in [-0.15, -0.1) is 0 Å². The van der Waals surface area contributed by atoms with Gasteiger partial charge in [-0.2, -0.15) is 0 Å². The minimum Gasteiger partial charge on any atom is -0.371 e. The van der Waals surface area contributed by atoms with E-state index in [-0.39, 0.29) is 36.5 Å². The monoisotopic (exact) mass is 338 g/mol. The molecule has 0 N–H and O–H groups in total. The number of likely N-dealkylation sites (tertiary alicyclic amines) is 2. The molecule has 4 unspecified atom stereocenters. The number of nitrogens with zero attached hydrogens (tertiary/aromatic N) is 2. The molecule has 0 bridgehead atoms. The Balaban J connectivity index is 1.87. The molecule has 0 spiro atoms. The largest absolute Gasteiger partial charge is 0.371 e. The molecule has 1 aliphatic carbocycles. The summed E-state index contributed by atoms with van der Waals surface area (Å²) in [6.07, 6.45) is 1.37. The summed E-state index contributed by atoms with van der Waals surface area (Å²) in [5.74, 6) is -1.35. The number of ether oxygens (including phenoxy) is 2. The topological polar surface area (TPSA) is 93.2 Å². The molecule has 3 aliphatic rings. The van der Waals surface area contributed by atoms with Crippen LogP contribution in [0.1, 0.15) is 38.5 Å². The molecular formula is C16H22N2O6. The summed E-state index contributed by atoms with van der Waals surface area (Å²) in [4.78, 5) is 52.0. The molecule has 24 heavy (non-hydrogen) atoms. The molecule has 0 radical (unpaired) electrons. The normalized spacial score (nSPS) is 34.6. The molecule has 0 aromatic heterocycles. The second-order valence-electron chi connectivity index (χ2n) is 6.48. The second kappa shape index (κ2) is 6.60. The zero-order valence-electron chi connectivity index (χ0n) is 13.9. The number of carbonyl (C=O) groups excluding carboxylic acids is 4. The summed E-state index contributed by atoms with van der Waals surface area (Å²) in [6.45, 7) is 0. The number of imide groups is 2. The van der Waals surface area contributed by atoms with E-state index in [1.807, 2.05) is 0 Å². The highest BCUT2D eigenvalue weighted by atomic mass is 16.5. The van der Waals surface area contributed by atoms with Crippen molar-refractivity contribution in [2.24, 2.45) is 0 Å². The van der Waals surface area contributed by atoms with E-state index in [9.17, 15) is 19.2 Å². The maximum Gasteiger partial charge on any atom is 0.259 e. The number of carbonyl (C=O) groups is 4. The average Bonchev–Trinajstić information content (AvgIpc) is 3.02. The lowest BCUT2D eigenvalue weighted by atomic mass is 9.88. The Bertz CT molecular complexity index is 527. The standard InChI is InChI=1S/C16H22N2O6/c1-23-11-7-13(19)17(15(11)21)9-5-3-4-6-10(9)18-14(20)8-12(24-2)16(18)22/h9-12H,3-8H2,1-2H3. The van der Waals surface area contributed by atoms with Crippen LogP contribution in [0.15, 0.2) is 0 Å². The smallest absolute Gasteiger partial charge is 0.259 e. The molecule has 2 heterocycles. The van der Waals surface area contributed by atoms with Gasteiger partial charge in [0.2, 0.25) is 11.8 Å². The summed E-state index contributed by atoms with van der Waals surface area (Å²) in [5.41, 5.74) is 0. The lowest BCUT2D eigenvalue weighted by Gasteiger charge is -2.40. The Hall–Kier alpha value is -1.80. The molecule has 0 aromatic carbocycles. The average molecular weight is 338 g/mol. The molecule has 0 aromatic rings. The zero-order chi connectivity index (χ0) is 17.4. The van der Waals surface area contributed by atoms with Gasteiger partial charge in [0, 0.05) is 14.2 Å². The molecule has 2 aliphatic heterocycles. The van der Waals surface area contributed by atoms with Crippen molar-refractivity contribution in [3.8, 4) is 0 Å². The SMILES string of the molecule is COC1CC(=O)N(C2CCCCC2N2C(=O)CC(OC)C2=O)C1=O. The molecular weight excluding hydrogens is 316 g/mol. The zero-order valence-corrected chi connectivity index (χ0v) is 13.9. The van der Waals surface area contributed by atoms with Gasteiger partial charge in [-0.1, -0.05) is 12.8 Å². The molecule has 2 saturated heterocycles. The Labute approximate surface area is 140 Å². The Kier molecular flexibility index (Phi) is 4.69. The van der Waals surface area contributed by atoms with Crippen molar-refractivity contribution in [2.45, 2.75) is 62.8 Å². The first-order valence-electron chi connectivity index (χ1n) is 8.27. The highest BCUT2D eigenvalue weighted by Crippen LogP contribution is 2.34. The van der Waals surface area contributed by atoms with Crippen LogP contribution >= 0.6 is 0 Å². The van der Waals surface area contributed by atoms with E-state index < -0.39 is 24.3 Å². The second-order valence-corrected chi connectivity index (χ2v) is 6.48. The van der Waals surface area contributed by atoms with Crippen LogP contribution in [0.3, 0.4) is 0 Å². The van der Waals surface area contributed by atoms with Gasteiger partial charge in [-0.05, 0) is 12.8 Å². The van der Waals surface area contributed by atoms with Crippen molar-refractivity contribution < 1.29 is 28.7 Å². The quantitative estimate of drug-likeness (QED) is 0.662. The Morgan fingerprint density at radius 3 is 1.42 bits per heavy atom. The number of amides is 4. The van der Waals surface area contributed by atoms with E-state index in [0.717, 1.165) is 12.8 Å². The molecule has 8 heteroatoms. The van der Waals surface area contributed by atoms with Gasteiger partial charge in [-0.3, -0.25) is 29.0 Å². The minimum atomic E-state index is -0.767. The molecule has 132 valence electrons. The van der Waals surface area contributed by atoms with E-state index in [0.29, 0.717) is 12.8 Å². The fourth-order valence-corrected chi connectivity index (χ4v) is 4.00. The summed E-state index contributed by atoms with van der Waals surface area (Å²) in [7, 11) is 2.79. The number of rotatable bonds is 4. The van der Waals surface area contributed by atoms with Gasteiger partial charge >= 0.3 is 0 Å². The summed E-state index contributed by atoms with van der Waals surface area (Å²) in [5, 5.41) is 0. The molecule has 8 nitrogen and oxygen atoms in total. The third kappa shape index (κ3) is 2.63. The van der Waals surface area contributed by atoms with Crippen molar-refractivity contribution in [2.75, 3.05) is 14.2 Å². The van der Waals surface area contributed by atoms with Gasteiger partial charge < -0.3 is 9.47 Å². The van der Waals surface area contributed by atoms with Crippen LogP contribution in [0, 0.1) is 0 Å². The molecule has 3 fully saturated rings. The van der Waals surface area contributed by atoms with E-state index in [1.54, 1.807) is 0 Å². The first-order chi connectivity index (χ1) is 11.5. The van der Waals surface area contributed by atoms with E-state index in [2.05, 4.69) is 0 Å². The number of methoxy groups -OCH3 is 2. The summed E-state index contributed by atoms with van der Waals surface area (Å²) < 4.78 is 10.1. The number of hydrogen-bond donors (Lipinski definition) is 0. The molecule has 3 rings (SSSR count). The molecule has 4 atom stereocenters. The van der Waals surface area contributed by atoms with Crippen molar-refractivity contribution in [3.63, 3.8) is 0 Å². The predicted molar refractivity (Wildman–Crippen MR) is 80.6 cm³/mol.